The van der Waals surface area contributed by atoms with Gasteiger partial charge in [-0.05, 0) is 43.9 Å². The lowest BCUT2D eigenvalue weighted by atomic mass is 10.0. The lowest BCUT2D eigenvalue weighted by Crippen LogP contribution is -2.51. The molecule has 1 aliphatic rings. The summed E-state index contributed by atoms with van der Waals surface area (Å²) in [5.74, 6) is -0.185. The minimum atomic E-state index is -0.461. The van der Waals surface area contributed by atoms with Gasteiger partial charge in [0.1, 0.15) is 6.04 Å². The number of pyridine rings is 1. The lowest BCUT2D eigenvalue weighted by Gasteiger charge is -2.37. The third-order valence-electron chi connectivity index (χ3n) is 4.71. The van der Waals surface area contributed by atoms with Gasteiger partial charge in [0.15, 0.2) is 0 Å². The fourth-order valence-electron chi connectivity index (χ4n) is 3.22. The second kappa shape index (κ2) is 8.78. The van der Waals surface area contributed by atoms with E-state index in [0.717, 1.165) is 38.9 Å². The van der Waals surface area contributed by atoms with Crippen molar-refractivity contribution in [2.24, 2.45) is 0 Å². The van der Waals surface area contributed by atoms with E-state index in [-0.39, 0.29) is 17.9 Å². The molecule has 1 unspecified atom stereocenters. The van der Waals surface area contributed by atoms with Crippen LogP contribution in [0.15, 0.2) is 24.5 Å². The van der Waals surface area contributed by atoms with Crippen LogP contribution in [-0.2, 0) is 16.0 Å². The highest BCUT2D eigenvalue weighted by Gasteiger charge is 2.27. The fraction of sp³-hybridized carbons (Fsp3) is 0.611. The smallest absolute Gasteiger partial charge is 0.244 e. The van der Waals surface area contributed by atoms with E-state index in [1.54, 1.807) is 11.8 Å². The average molecular weight is 332 g/mol. The number of carbonyl (C=O) groups excluding carboxylic acids is 2. The van der Waals surface area contributed by atoms with Crippen LogP contribution in [0.5, 0.6) is 0 Å². The molecule has 1 aromatic rings. The van der Waals surface area contributed by atoms with Gasteiger partial charge >= 0.3 is 0 Å². The van der Waals surface area contributed by atoms with Crippen LogP contribution >= 0.6 is 0 Å². The fourth-order valence-corrected chi connectivity index (χ4v) is 3.22. The van der Waals surface area contributed by atoms with Crippen molar-refractivity contribution in [3.8, 4) is 0 Å². The Morgan fingerprint density at radius 2 is 1.96 bits per heavy atom. The molecule has 0 bridgehead atoms. The molecule has 24 heavy (non-hydrogen) atoms. The molecular weight excluding hydrogens is 304 g/mol. The second-order valence-electron chi connectivity index (χ2n) is 6.55. The standard InChI is InChI=1S/C18H28N4O2/c1-14(20-15(2)23)18(24)21(3)17-7-12-22(13-8-17)11-6-16-4-9-19-10-5-16/h4-5,9-10,14,17H,6-8,11-13H2,1-3H3,(H,20,23). The summed E-state index contributed by atoms with van der Waals surface area (Å²) in [6, 6.07) is 3.91. The Bertz CT molecular complexity index is 541. The topological polar surface area (TPSA) is 65.5 Å². The highest BCUT2D eigenvalue weighted by Crippen LogP contribution is 2.16. The molecule has 1 N–H and O–H groups in total. The first-order valence-corrected chi connectivity index (χ1v) is 8.62. The SMILES string of the molecule is CC(=O)NC(C)C(=O)N(C)C1CCN(CCc2ccncc2)CC1. The van der Waals surface area contributed by atoms with Crippen LogP contribution in [0.3, 0.4) is 0 Å². The summed E-state index contributed by atoms with van der Waals surface area (Å²) in [7, 11) is 1.85. The molecule has 2 amide bonds. The molecule has 1 aromatic heterocycles. The second-order valence-corrected chi connectivity index (χ2v) is 6.55. The van der Waals surface area contributed by atoms with Crippen LogP contribution in [-0.4, -0.2) is 65.4 Å². The summed E-state index contributed by atoms with van der Waals surface area (Å²) in [5.41, 5.74) is 1.31. The zero-order chi connectivity index (χ0) is 17.5. The van der Waals surface area contributed by atoms with Crippen molar-refractivity contribution >= 4 is 11.8 Å². The first kappa shape index (κ1) is 18.4. The molecule has 1 fully saturated rings. The Hall–Kier alpha value is -1.95. The van der Waals surface area contributed by atoms with Crippen LogP contribution in [0, 0.1) is 0 Å². The van der Waals surface area contributed by atoms with Crippen molar-refractivity contribution in [1.29, 1.82) is 0 Å². The van der Waals surface area contributed by atoms with E-state index in [1.807, 2.05) is 19.4 Å². The predicted octanol–water partition coefficient (Wildman–Crippen LogP) is 1.07. The van der Waals surface area contributed by atoms with E-state index in [2.05, 4.69) is 27.3 Å². The summed E-state index contributed by atoms with van der Waals surface area (Å²) in [5, 5.41) is 2.66. The van der Waals surface area contributed by atoms with E-state index in [4.69, 9.17) is 0 Å². The Morgan fingerprint density at radius 1 is 1.33 bits per heavy atom. The van der Waals surface area contributed by atoms with Crippen LogP contribution in [0.2, 0.25) is 0 Å². The Balaban J connectivity index is 1.75. The van der Waals surface area contributed by atoms with Crippen molar-refractivity contribution in [1.82, 2.24) is 20.1 Å². The third-order valence-corrected chi connectivity index (χ3v) is 4.71. The molecular formula is C18H28N4O2. The monoisotopic (exact) mass is 332 g/mol. The quantitative estimate of drug-likeness (QED) is 0.846. The van der Waals surface area contributed by atoms with Crippen molar-refractivity contribution in [2.75, 3.05) is 26.7 Å². The Morgan fingerprint density at radius 3 is 2.54 bits per heavy atom. The number of nitrogens with one attached hydrogen (secondary N) is 1. The summed E-state index contributed by atoms with van der Waals surface area (Å²) in [6.45, 7) is 6.22. The highest BCUT2D eigenvalue weighted by atomic mass is 16.2. The van der Waals surface area contributed by atoms with Gasteiger partial charge in [0.2, 0.25) is 11.8 Å². The van der Waals surface area contributed by atoms with Gasteiger partial charge in [-0.25, -0.2) is 0 Å². The van der Waals surface area contributed by atoms with E-state index in [1.165, 1.54) is 12.5 Å². The number of carbonyl (C=O) groups is 2. The van der Waals surface area contributed by atoms with E-state index < -0.39 is 6.04 Å². The van der Waals surface area contributed by atoms with Gasteiger partial charge in [0, 0.05) is 52.0 Å². The number of likely N-dealkylation sites (tertiary alicyclic amines) is 1. The molecule has 2 rings (SSSR count). The molecule has 0 aromatic carbocycles. The van der Waals surface area contributed by atoms with Gasteiger partial charge in [0.25, 0.3) is 0 Å². The van der Waals surface area contributed by atoms with E-state index >= 15 is 0 Å². The summed E-state index contributed by atoms with van der Waals surface area (Å²) in [6.07, 6.45) is 6.65. The zero-order valence-electron chi connectivity index (χ0n) is 14.9. The number of nitrogens with zero attached hydrogens (tertiary/aromatic N) is 3. The molecule has 132 valence electrons. The maximum Gasteiger partial charge on any atom is 0.244 e. The third kappa shape index (κ3) is 5.30. The number of hydrogen-bond donors (Lipinski definition) is 1. The van der Waals surface area contributed by atoms with Gasteiger partial charge in [-0.3, -0.25) is 14.6 Å². The van der Waals surface area contributed by atoms with Gasteiger partial charge in [0.05, 0.1) is 0 Å². The molecule has 2 heterocycles. The number of likely N-dealkylation sites (N-methyl/N-ethyl adjacent to an activating group) is 1. The first-order valence-electron chi connectivity index (χ1n) is 8.62. The molecule has 6 heteroatoms. The van der Waals surface area contributed by atoms with Crippen LogP contribution in [0.1, 0.15) is 32.3 Å². The Labute approximate surface area is 144 Å². The van der Waals surface area contributed by atoms with E-state index in [9.17, 15) is 9.59 Å². The van der Waals surface area contributed by atoms with E-state index in [0.29, 0.717) is 0 Å². The first-order chi connectivity index (χ1) is 11.5. The van der Waals surface area contributed by atoms with Gasteiger partial charge in [-0.1, -0.05) is 0 Å². The van der Waals surface area contributed by atoms with Gasteiger partial charge in [-0.15, -0.1) is 0 Å². The van der Waals surface area contributed by atoms with Crippen molar-refractivity contribution in [3.63, 3.8) is 0 Å². The molecule has 6 nitrogen and oxygen atoms in total. The minimum Gasteiger partial charge on any atom is -0.345 e. The van der Waals surface area contributed by atoms with Crippen LogP contribution in [0.25, 0.3) is 0 Å². The minimum absolute atomic E-state index is 0.0135. The van der Waals surface area contributed by atoms with Crippen LogP contribution in [0.4, 0.5) is 0 Å². The van der Waals surface area contributed by atoms with Gasteiger partial charge < -0.3 is 15.1 Å². The molecule has 0 spiro atoms. The average Bonchev–Trinajstić information content (AvgIpc) is 2.59. The highest BCUT2D eigenvalue weighted by molar-refractivity contribution is 5.86. The van der Waals surface area contributed by atoms with Crippen molar-refractivity contribution < 1.29 is 9.59 Å². The van der Waals surface area contributed by atoms with Crippen molar-refractivity contribution in [2.45, 2.75) is 45.2 Å². The molecule has 0 aliphatic carbocycles. The molecule has 0 radical (unpaired) electrons. The van der Waals surface area contributed by atoms with Crippen LogP contribution < -0.4 is 5.32 Å². The summed E-state index contributed by atoms with van der Waals surface area (Å²) in [4.78, 5) is 31.8. The molecule has 1 aliphatic heterocycles. The number of aromatic nitrogens is 1. The lowest BCUT2D eigenvalue weighted by molar-refractivity contribution is -0.137. The number of hydrogen-bond acceptors (Lipinski definition) is 4. The maximum atomic E-state index is 12.4. The van der Waals surface area contributed by atoms with Gasteiger partial charge in [-0.2, -0.15) is 0 Å². The maximum absolute atomic E-state index is 12.4. The molecule has 1 atom stereocenters. The molecule has 1 saturated heterocycles. The predicted molar refractivity (Wildman–Crippen MR) is 93.5 cm³/mol. The number of amides is 2. The largest absolute Gasteiger partial charge is 0.345 e. The zero-order valence-corrected chi connectivity index (χ0v) is 14.9. The number of rotatable bonds is 6. The Kier molecular flexibility index (Phi) is 6.73. The summed E-state index contributed by atoms with van der Waals surface area (Å²) < 4.78 is 0. The normalized spacial score (nSPS) is 17.3. The van der Waals surface area contributed by atoms with Crippen molar-refractivity contribution in [3.05, 3.63) is 30.1 Å². The summed E-state index contributed by atoms with van der Waals surface area (Å²) >= 11 is 0. The number of piperidine rings is 1. The molecule has 0 saturated carbocycles.